The minimum Gasteiger partial charge on any atom is -0.480 e. The molecule has 0 saturated carbocycles. The van der Waals surface area contributed by atoms with Gasteiger partial charge in [0.2, 0.25) is 0 Å². The van der Waals surface area contributed by atoms with E-state index in [2.05, 4.69) is 5.32 Å². The van der Waals surface area contributed by atoms with Crippen molar-refractivity contribution in [2.24, 2.45) is 5.73 Å². The molecule has 1 aliphatic heterocycles. The molecule has 0 aromatic heterocycles. The molecule has 0 radical (unpaired) electrons. The standard InChI is InChI=1S/C14H19FN2O2/c1-9(16)11-6-5-10(15)8-13(11)19-12-4-2-3-7-17-14(12)18/h5-6,8-9,12H,2-4,7,16H2,1H3,(H,17,18)/t9-,12?/m0/s1. The summed E-state index contributed by atoms with van der Waals surface area (Å²) in [5, 5.41) is 2.79. The third-order valence-corrected chi connectivity index (χ3v) is 3.22. The van der Waals surface area contributed by atoms with Gasteiger partial charge in [0.05, 0.1) is 0 Å². The molecule has 1 aliphatic rings. The normalized spacial score (nSPS) is 21.4. The van der Waals surface area contributed by atoms with E-state index >= 15 is 0 Å². The zero-order valence-corrected chi connectivity index (χ0v) is 11.0. The summed E-state index contributed by atoms with van der Waals surface area (Å²) in [6, 6.07) is 3.96. The van der Waals surface area contributed by atoms with Crippen LogP contribution in [-0.2, 0) is 4.79 Å². The van der Waals surface area contributed by atoms with E-state index in [1.54, 1.807) is 13.0 Å². The number of carbonyl (C=O) groups excluding carboxylic acids is 1. The lowest BCUT2D eigenvalue weighted by Gasteiger charge is -2.19. The van der Waals surface area contributed by atoms with Gasteiger partial charge in [-0.15, -0.1) is 0 Å². The van der Waals surface area contributed by atoms with Crippen molar-refractivity contribution in [2.45, 2.75) is 38.3 Å². The molecule has 104 valence electrons. The molecule has 1 heterocycles. The van der Waals surface area contributed by atoms with Gasteiger partial charge in [-0.2, -0.15) is 0 Å². The van der Waals surface area contributed by atoms with Crippen molar-refractivity contribution in [3.05, 3.63) is 29.6 Å². The molecule has 1 unspecified atom stereocenters. The molecule has 19 heavy (non-hydrogen) atoms. The van der Waals surface area contributed by atoms with Crippen molar-refractivity contribution in [2.75, 3.05) is 6.54 Å². The summed E-state index contributed by atoms with van der Waals surface area (Å²) in [6.07, 6.45) is 1.92. The molecular weight excluding hydrogens is 247 g/mol. The minimum absolute atomic E-state index is 0.141. The van der Waals surface area contributed by atoms with Crippen LogP contribution in [-0.4, -0.2) is 18.6 Å². The smallest absolute Gasteiger partial charge is 0.261 e. The number of carbonyl (C=O) groups is 1. The Morgan fingerprint density at radius 3 is 3.00 bits per heavy atom. The minimum atomic E-state index is -0.568. The average molecular weight is 266 g/mol. The molecule has 1 fully saturated rings. The summed E-state index contributed by atoms with van der Waals surface area (Å²) in [4.78, 5) is 11.8. The Hall–Kier alpha value is -1.62. The Kier molecular flexibility index (Phi) is 4.37. The maximum Gasteiger partial charge on any atom is 0.261 e. The number of nitrogens with one attached hydrogen (secondary N) is 1. The zero-order chi connectivity index (χ0) is 13.8. The maximum absolute atomic E-state index is 13.3. The molecule has 2 rings (SSSR count). The Morgan fingerprint density at radius 1 is 1.47 bits per heavy atom. The van der Waals surface area contributed by atoms with Crippen LogP contribution >= 0.6 is 0 Å². The second-order valence-corrected chi connectivity index (χ2v) is 4.86. The van der Waals surface area contributed by atoms with Gasteiger partial charge in [0.1, 0.15) is 11.6 Å². The van der Waals surface area contributed by atoms with Crippen LogP contribution in [0.4, 0.5) is 4.39 Å². The molecular formula is C14H19FN2O2. The number of hydrogen-bond donors (Lipinski definition) is 2. The van der Waals surface area contributed by atoms with Gasteiger partial charge in [-0.25, -0.2) is 4.39 Å². The number of nitrogens with two attached hydrogens (primary N) is 1. The van der Waals surface area contributed by atoms with Crippen LogP contribution in [0, 0.1) is 5.82 Å². The second-order valence-electron chi connectivity index (χ2n) is 4.86. The SMILES string of the molecule is C[C@H](N)c1ccc(F)cc1OC1CCCCNC1=O. The molecule has 1 saturated heterocycles. The Labute approximate surface area is 112 Å². The Balaban J connectivity index is 2.21. The van der Waals surface area contributed by atoms with Gasteiger partial charge in [-0.05, 0) is 32.3 Å². The van der Waals surface area contributed by atoms with Crippen LogP contribution < -0.4 is 15.8 Å². The highest BCUT2D eigenvalue weighted by Gasteiger charge is 2.24. The first-order valence-electron chi connectivity index (χ1n) is 6.57. The fourth-order valence-electron chi connectivity index (χ4n) is 2.16. The lowest BCUT2D eigenvalue weighted by atomic mass is 10.1. The summed E-state index contributed by atoms with van der Waals surface area (Å²) >= 11 is 0. The molecule has 4 nitrogen and oxygen atoms in total. The first kappa shape index (κ1) is 13.8. The van der Waals surface area contributed by atoms with E-state index in [0.717, 1.165) is 12.8 Å². The Bertz CT molecular complexity index is 463. The maximum atomic E-state index is 13.3. The molecule has 1 aromatic rings. The number of hydrogen-bond acceptors (Lipinski definition) is 3. The van der Waals surface area contributed by atoms with Crippen LogP contribution in [0.1, 0.15) is 37.8 Å². The fourth-order valence-corrected chi connectivity index (χ4v) is 2.16. The molecule has 1 amide bonds. The molecule has 0 spiro atoms. The predicted octanol–water partition coefficient (Wildman–Crippen LogP) is 1.89. The topological polar surface area (TPSA) is 64.3 Å². The summed E-state index contributed by atoms with van der Waals surface area (Å²) in [5.74, 6) is -0.178. The van der Waals surface area contributed by atoms with Crippen molar-refractivity contribution in [3.63, 3.8) is 0 Å². The molecule has 5 heteroatoms. The first-order chi connectivity index (χ1) is 9.08. The van der Waals surface area contributed by atoms with Gasteiger partial charge in [-0.3, -0.25) is 4.79 Å². The van der Waals surface area contributed by atoms with Gasteiger partial charge >= 0.3 is 0 Å². The second kappa shape index (κ2) is 6.02. The van der Waals surface area contributed by atoms with E-state index in [-0.39, 0.29) is 11.9 Å². The van der Waals surface area contributed by atoms with Gasteiger partial charge in [0.15, 0.2) is 6.10 Å². The zero-order valence-electron chi connectivity index (χ0n) is 11.0. The number of ether oxygens (including phenoxy) is 1. The predicted molar refractivity (Wildman–Crippen MR) is 70.3 cm³/mol. The third kappa shape index (κ3) is 3.44. The van der Waals surface area contributed by atoms with Crippen LogP contribution in [0.2, 0.25) is 0 Å². The lowest BCUT2D eigenvalue weighted by molar-refractivity contribution is -0.127. The highest BCUT2D eigenvalue weighted by molar-refractivity contribution is 5.81. The highest BCUT2D eigenvalue weighted by Crippen LogP contribution is 2.27. The van der Waals surface area contributed by atoms with E-state index in [1.807, 2.05) is 0 Å². The summed E-state index contributed by atoms with van der Waals surface area (Å²) in [7, 11) is 0. The quantitative estimate of drug-likeness (QED) is 0.878. The van der Waals surface area contributed by atoms with Crippen molar-refractivity contribution < 1.29 is 13.9 Å². The first-order valence-corrected chi connectivity index (χ1v) is 6.57. The largest absolute Gasteiger partial charge is 0.480 e. The number of halogens is 1. The van der Waals surface area contributed by atoms with Gasteiger partial charge in [0.25, 0.3) is 5.91 Å². The molecule has 2 atom stereocenters. The number of rotatable bonds is 3. The van der Waals surface area contributed by atoms with Crippen LogP contribution in [0.25, 0.3) is 0 Å². The van der Waals surface area contributed by atoms with Crippen molar-refractivity contribution >= 4 is 5.91 Å². The summed E-state index contributed by atoms with van der Waals surface area (Å²) in [5.41, 5.74) is 6.54. The van der Waals surface area contributed by atoms with E-state index in [0.29, 0.717) is 24.3 Å². The van der Waals surface area contributed by atoms with Crippen LogP contribution in [0.5, 0.6) is 5.75 Å². The summed E-state index contributed by atoms with van der Waals surface area (Å²) in [6.45, 7) is 2.47. The molecule has 0 bridgehead atoms. The molecule has 0 aliphatic carbocycles. The Morgan fingerprint density at radius 2 is 2.26 bits per heavy atom. The van der Waals surface area contributed by atoms with E-state index < -0.39 is 11.9 Å². The fraction of sp³-hybridized carbons (Fsp3) is 0.500. The van der Waals surface area contributed by atoms with Crippen LogP contribution in [0.3, 0.4) is 0 Å². The number of benzene rings is 1. The van der Waals surface area contributed by atoms with Crippen LogP contribution in [0.15, 0.2) is 18.2 Å². The highest BCUT2D eigenvalue weighted by atomic mass is 19.1. The third-order valence-electron chi connectivity index (χ3n) is 3.22. The van der Waals surface area contributed by atoms with E-state index in [4.69, 9.17) is 10.5 Å². The van der Waals surface area contributed by atoms with Gasteiger partial charge < -0.3 is 15.8 Å². The molecule has 3 N–H and O–H groups in total. The average Bonchev–Trinajstić information content (AvgIpc) is 2.55. The summed E-state index contributed by atoms with van der Waals surface area (Å²) < 4.78 is 19.0. The van der Waals surface area contributed by atoms with Gasteiger partial charge in [0, 0.05) is 24.2 Å². The van der Waals surface area contributed by atoms with E-state index in [1.165, 1.54) is 12.1 Å². The lowest BCUT2D eigenvalue weighted by Crippen LogP contribution is -2.36. The van der Waals surface area contributed by atoms with E-state index in [9.17, 15) is 9.18 Å². The van der Waals surface area contributed by atoms with Crippen molar-refractivity contribution in [1.29, 1.82) is 0 Å². The monoisotopic (exact) mass is 266 g/mol. The number of amides is 1. The van der Waals surface area contributed by atoms with Crippen molar-refractivity contribution in [1.82, 2.24) is 5.32 Å². The van der Waals surface area contributed by atoms with Gasteiger partial charge in [-0.1, -0.05) is 6.07 Å². The van der Waals surface area contributed by atoms with Crippen molar-refractivity contribution in [3.8, 4) is 5.75 Å². The molecule has 1 aromatic carbocycles.